The quantitative estimate of drug-likeness (QED) is 0.563. The van der Waals surface area contributed by atoms with Crippen molar-refractivity contribution < 1.29 is 4.79 Å². The van der Waals surface area contributed by atoms with Gasteiger partial charge in [-0.25, -0.2) is 0 Å². The lowest BCUT2D eigenvalue weighted by Gasteiger charge is -2.16. The number of anilines is 1. The Morgan fingerprint density at radius 1 is 1.75 bits per heavy atom. The average molecular weight is 219 g/mol. The molecule has 1 amide bonds. The monoisotopic (exact) mass is 219 g/mol. The molecule has 0 saturated carbocycles. The second-order valence-electron chi connectivity index (χ2n) is 3.20. The van der Waals surface area contributed by atoms with Crippen LogP contribution in [-0.2, 0) is 0 Å². The lowest BCUT2D eigenvalue weighted by Crippen LogP contribution is -2.28. The average Bonchev–Trinajstić information content (AvgIpc) is 2.34. The summed E-state index contributed by atoms with van der Waals surface area (Å²) < 4.78 is 0. The fraction of sp³-hybridized carbons (Fsp3) is 0.300. The van der Waals surface area contributed by atoms with Crippen LogP contribution in [0.25, 0.3) is 0 Å². The van der Waals surface area contributed by atoms with Crippen LogP contribution >= 0.6 is 0 Å². The van der Waals surface area contributed by atoms with Gasteiger partial charge < -0.3 is 10.3 Å². The van der Waals surface area contributed by atoms with Crippen molar-refractivity contribution in [2.24, 2.45) is 5.84 Å². The second-order valence-corrected chi connectivity index (χ2v) is 3.20. The van der Waals surface area contributed by atoms with Crippen LogP contribution in [0.2, 0.25) is 0 Å². The molecule has 0 aliphatic heterocycles. The summed E-state index contributed by atoms with van der Waals surface area (Å²) in [6.45, 7) is 0.383. The molecule has 0 spiro atoms. The minimum Gasteiger partial charge on any atom is -0.341 e. The number of nitrogens with zero attached hydrogens (tertiary/aromatic N) is 3. The first kappa shape index (κ1) is 11.9. The number of hydrogen-bond donors (Lipinski definition) is 2. The Hall–Kier alpha value is -2.13. The number of rotatable bonds is 4. The van der Waals surface area contributed by atoms with E-state index >= 15 is 0 Å². The van der Waals surface area contributed by atoms with Gasteiger partial charge >= 0.3 is 0 Å². The van der Waals surface area contributed by atoms with E-state index in [0.29, 0.717) is 24.2 Å². The van der Waals surface area contributed by atoms with Crippen molar-refractivity contribution in [1.29, 1.82) is 5.26 Å². The molecule has 1 heterocycles. The van der Waals surface area contributed by atoms with Crippen molar-refractivity contribution in [3.05, 3.63) is 24.0 Å². The number of hydrogen-bond acceptors (Lipinski definition) is 5. The van der Waals surface area contributed by atoms with Gasteiger partial charge in [-0.1, -0.05) is 0 Å². The molecule has 0 aromatic carbocycles. The van der Waals surface area contributed by atoms with Gasteiger partial charge in [0, 0.05) is 26.0 Å². The molecule has 0 unspecified atom stereocenters. The van der Waals surface area contributed by atoms with Crippen molar-refractivity contribution >= 4 is 11.6 Å². The predicted octanol–water partition coefficient (Wildman–Crippen LogP) is 0.353. The summed E-state index contributed by atoms with van der Waals surface area (Å²) in [5.41, 5.74) is 3.35. The summed E-state index contributed by atoms with van der Waals surface area (Å²) in [5, 5.41) is 8.44. The van der Waals surface area contributed by atoms with E-state index in [-0.39, 0.29) is 5.91 Å². The van der Waals surface area contributed by atoms with Crippen LogP contribution in [0, 0.1) is 11.3 Å². The molecule has 84 valence electrons. The Morgan fingerprint density at radius 2 is 2.50 bits per heavy atom. The Balaban J connectivity index is 2.83. The summed E-state index contributed by atoms with van der Waals surface area (Å²) in [5.74, 6) is 5.08. The SMILES string of the molecule is CN(CCC#N)C(=O)c1cnccc1NN. The minimum atomic E-state index is -0.212. The van der Waals surface area contributed by atoms with E-state index in [4.69, 9.17) is 11.1 Å². The minimum absolute atomic E-state index is 0.212. The Morgan fingerprint density at radius 3 is 3.12 bits per heavy atom. The summed E-state index contributed by atoms with van der Waals surface area (Å²) in [7, 11) is 1.63. The topological polar surface area (TPSA) is 95.0 Å². The van der Waals surface area contributed by atoms with E-state index in [9.17, 15) is 4.79 Å². The van der Waals surface area contributed by atoms with Gasteiger partial charge in [0.05, 0.1) is 23.7 Å². The molecule has 3 N–H and O–H groups in total. The standard InChI is InChI=1S/C10H13N5O/c1-15(6-2-4-11)10(16)8-7-13-5-3-9(8)14-12/h3,5,7H,2,6,12H2,1H3,(H,13,14). The first-order valence-electron chi connectivity index (χ1n) is 4.73. The Labute approximate surface area is 93.6 Å². The van der Waals surface area contributed by atoms with Gasteiger partial charge in [-0.15, -0.1) is 0 Å². The highest BCUT2D eigenvalue weighted by molar-refractivity contribution is 5.99. The number of pyridine rings is 1. The molecule has 0 aliphatic carbocycles. The van der Waals surface area contributed by atoms with Crippen LogP contribution in [-0.4, -0.2) is 29.4 Å². The molecule has 0 atom stereocenters. The number of carbonyl (C=O) groups excluding carboxylic acids is 1. The fourth-order valence-corrected chi connectivity index (χ4v) is 1.22. The van der Waals surface area contributed by atoms with E-state index in [1.165, 1.54) is 11.1 Å². The highest BCUT2D eigenvalue weighted by Gasteiger charge is 2.14. The Kier molecular flexibility index (Phi) is 4.24. The Bertz CT molecular complexity index is 412. The van der Waals surface area contributed by atoms with Gasteiger partial charge in [0.25, 0.3) is 5.91 Å². The lowest BCUT2D eigenvalue weighted by molar-refractivity contribution is 0.0798. The van der Waals surface area contributed by atoms with Crippen molar-refractivity contribution in [1.82, 2.24) is 9.88 Å². The molecule has 0 bridgehead atoms. The summed E-state index contributed by atoms with van der Waals surface area (Å²) in [6.07, 6.45) is 3.29. The molecular weight excluding hydrogens is 206 g/mol. The van der Waals surface area contributed by atoms with Crippen molar-refractivity contribution in [3.63, 3.8) is 0 Å². The summed E-state index contributed by atoms with van der Waals surface area (Å²) in [4.78, 5) is 17.2. The van der Waals surface area contributed by atoms with Gasteiger partial charge in [0.2, 0.25) is 0 Å². The third-order valence-electron chi connectivity index (χ3n) is 2.11. The first-order chi connectivity index (χ1) is 7.70. The maximum Gasteiger partial charge on any atom is 0.257 e. The third-order valence-corrected chi connectivity index (χ3v) is 2.11. The van der Waals surface area contributed by atoms with Crippen LogP contribution in [0.3, 0.4) is 0 Å². The molecule has 0 radical (unpaired) electrons. The molecule has 1 aromatic heterocycles. The van der Waals surface area contributed by atoms with E-state index in [1.807, 2.05) is 6.07 Å². The summed E-state index contributed by atoms with van der Waals surface area (Å²) >= 11 is 0. The van der Waals surface area contributed by atoms with E-state index in [0.717, 1.165) is 0 Å². The molecular formula is C10H13N5O. The largest absolute Gasteiger partial charge is 0.341 e. The van der Waals surface area contributed by atoms with Crippen molar-refractivity contribution in [2.75, 3.05) is 19.0 Å². The molecule has 0 saturated heterocycles. The highest BCUT2D eigenvalue weighted by atomic mass is 16.2. The zero-order valence-corrected chi connectivity index (χ0v) is 8.97. The predicted molar refractivity (Wildman–Crippen MR) is 59.2 cm³/mol. The number of nitrogen functional groups attached to an aromatic ring is 1. The second kappa shape index (κ2) is 5.68. The number of aromatic nitrogens is 1. The maximum absolute atomic E-state index is 11.9. The first-order valence-corrected chi connectivity index (χ1v) is 4.73. The number of amides is 1. The third kappa shape index (κ3) is 2.68. The number of nitrogens with two attached hydrogens (primary N) is 1. The highest BCUT2D eigenvalue weighted by Crippen LogP contribution is 2.13. The molecule has 1 rings (SSSR count). The molecule has 6 nitrogen and oxygen atoms in total. The summed E-state index contributed by atoms with van der Waals surface area (Å²) in [6, 6.07) is 3.60. The molecule has 0 aliphatic rings. The van der Waals surface area contributed by atoms with Crippen molar-refractivity contribution in [2.45, 2.75) is 6.42 Å². The van der Waals surface area contributed by atoms with Crippen LogP contribution in [0.15, 0.2) is 18.5 Å². The van der Waals surface area contributed by atoms with Crippen LogP contribution < -0.4 is 11.3 Å². The van der Waals surface area contributed by atoms with Gasteiger partial charge in [-0.3, -0.25) is 15.6 Å². The van der Waals surface area contributed by atoms with Gasteiger partial charge in [-0.2, -0.15) is 5.26 Å². The van der Waals surface area contributed by atoms with Crippen LogP contribution in [0.1, 0.15) is 16.8 Å². The van der Waals surface area contributed by atoms with Gasteiger partial charge in [0.15, 0.2) is 0 Å². The fourth-order valence-electron chi connectivity index (χ4n) is 1.22. The smallest absolute Gasteiger partial charge is 0.257 e. The number of carbonyl (C=O) groups is 1. The van der Waals surface area contributed by atoms with Crippen LogP contribution in [0.5, 0.6) is 0 Å². The van der Waals surface area contributed by atoms with Gasteiger partial charge in [-0.05, 0) is 6.07 Å². The zero-order valence-electron chi connectivity index (χ0n) is 8.97. The normalized spacial score (nSPS) is 9.31. The molecule has 1 aromatic rings. The zero-order chi connectivity index (χ0) is 12.0. The van der Waals surface area contributed by atoms with Gasteiger partial charge in [0.1, 0.15) is 0 Å². The molecule has 16 heavy (non-hydrogen) atoms. The molecule has 6 heteroatoms. The van der Waals surface area contributed by atoms with E-state index in [2.05, 4.69) is 10.4 Å². The van der Waals surface area contributed by atoms with E-state index < -0.39 is 0 Å². The maximum atomic E-state index is 11.9. The number of nitrogens with one attached hydrogen (secondary N) is 1. The lowest BCUT2D eigenvalue weighted by atomic mass is 10.2. The van der Waals surface area contributed by atoms with Crippen LogP contribution in [0.4, 0.5) is 5.69 Å². The van der Waals surface area contributed by atoms with E-state index in [1.54, 1.807) is 19.3 Å². The molecule has 0 fully saturated rings. The number of nitriles is 1. The van der Waals surface area contributed by atoms with Crippen molar-refractivity contribution in [3.8, 4) is 6.07 Å². The number of hydrazine groups is 1.